The average molecular weight is 262 g/mol. The van der Waals surface area contributed by atoms with Crippen LogP contribution in [0, 0.1) is 0 Å². The van der Waals surface area contributed by atoms with Crippen molar-refractivity contribution in [3.8, 4) is 0 Å². The summed E-state index contributed by atoms with van der Waals surface area (Å²) < 4.78 is 5.00. The summed E-state index contributed by atoms with van der Waals surface area (Å²) in [6.07, 6.45) is 2.03. The van der Waals surface area contributed by atoms with Crippen molar-refractivity contribution in [1.82, 2.24) is 5.32 Å². The number of benzene rings is 1. The van der Waals surface area contributed by atoms with E-state index >= 15 is 0 Å². The fraction of sp³-hybridized carbons (Fsp3) is 0.429. The van der Waals surface area contributed by atoms with Crippen LogP contribution in [0.4, 0.5) is 5.69 Å². The molecule has 102 valence electrons. The lowest BCUT2D eigenvalue weighted by molar-refractivity contribution is -0.149. The lowest BCUT2D eigenvalue weighted by Gasteiger charge is -2.12. The molecule has 0 aromatic heterocycles. The predicted molar refractivity (Wildman–Crippen MR) is 71.4 cm³/mol. The molecule has 0 heterocycles. The maximum absolute atomic E-state index is 11.8. The summed E-state index contributed by atoms with van der Waals surface area (Å²) >= 11 is 0. The molecular weight excluding hydrogens is 244 g/mol. The number of rotatable bonds is 5. The van der Waals surface area contributed by atoms with Crippen LogP contribution >= 0.6 is 0 Å². The molecule has 1 aromatic rings. The Bertz CT molecular complexity index is 483. The second-order valence-electron chi connectivity index (χ2n) is 4.84. The first-order valence-electron chi connectivity index (χ1n) is 6.37. The zero-order chi connectivity index (χ0) is 13.8. The van der Waals surface area contributed by atoms with Crippen molar-refractivity contribution in [1.29, 1.82) is 0 Å². The Labute approximate surface area is 112 Å². The Kier molecular flexibility index (Phi) is 4.04. The van der Waals surface area contributed by atoms with E-state index in [1.54, 1.807) is 25.1 Å². The Balaban J connectivity index is 1.83. The number of ether oxygens (including phenoxy) is 1. The molecule has 1 saturated carbocycles. The van der Waals surface area contributed by atoms with Gasteiger partial charge in [0.1, 0.15) is 0 Å². The van der Waals surface area contributed by atoms with Crippen LogP contribution in [-0.4, -0.2) is 24.5 Å². The van der Waals surface area contributed by atoms with Gasteiger partial charge < -0.3 is 15.8 Å². The molecule has 1 aliphatic rings. The average Bonchev–Trinajstić information content (AvgIpc) is 3.19. The third-order valence-electron chi connectivity index (χ3n) is 3.05. The molecule has 1 atom stereocenters. The normalized spacial score (nSPS) is 15.6. The van der Waals surface area contributed by atoms with E-state index in [4.69, 9.17) is 10.5 Å². The molecule has 0 saturated heterocycles. The summed E-state index contributed by atoms with van der Waals surface area (Å²) in [4.78, 5) is 23.2. The Hall–Kier alpha value is -2.04. The van der Waals surface area contributed by atoms with Gasteiger partial charge in [0.2, 0.25) is 0 Å². The first-order valence-corrected chi connectivity index (χ1v) is 6.37. The van der Waals surface area contributed by atoms with Crippen molar-refractivity contribution >= 4 is 17.6 Å². The van der Waals surface area contributed by atoms with Gasteiger partial charge in [-0.25, -0.2) is 0 Å². The number of nitrogen functional groups attached to an aromatic ring is 1. The van der Waals surface area contributed by atoms with Crippen LogP contribution in [0.15, 0.2) is 24.3 Å². The molecule has 2 rings (SSSR count). The van der Waals surface area contributed by atoms with Crippen LogP contribution in [-0.2, 0) is 14.3 Å². The maximum Gasteiger partial charge on any atom is 0.313 e. The zero-order valence-electron chi connectivity index (χ0n) is 10.9. The number of carbonyl (C=O) groups excluding carboxylic acids is 2. The van der Waals surface area contributed by atoms with Gasteiger partial charge in [-0.15, -0.1) is 0 Å². The minimum atomic E-state index is -0.433. The number of carbonyl (C=O) groups is 2. The smallest absolute Gasteiger partial charge is 0.313 e. The molecule has 1 aliphatic carbocycles. The van der Waals surface area contributed by atoms with Crippen molar-refractivity contribution in [3.05, 3.63) is 29.8 Å². The molecule has 5 nitrogen and oxygen atoms in total. The molecule has 0 spiro atoms. The topological polar surface area (TPSA) is 81.4 Å². The van der Waals surface area contributed by atoms with E-state index in [0.717, 1.165) is 18.4 Å². The van der Waals surface area contributed by atoms with E-state index in [9.17, 15) is 9.59 Å². The number of anilines is 1. The van der Waals surface area contributed by atoms with Crippen LogP contribution in [0.3, 0.4) is 0 Å². The molecule has 5 heteroatoms. The van der Waals surface area contributed by atoms with E-state index in [1.165, 1.54) is 0 Å². The first-order chi connectivity index (χ1) is 9.06. The number of hydrogen-bond donors (Lipinski definition) is 2. The molecule has 1 fully saturated rings. The van der Waals surface area contributed by atoms with Gasteiger partial charge >= 0.3 is 5.97 Å². The fourth-order valence-electron chi connectivity index (χ4n) is 1.72. The Morgan fingerprint density at radius 2 is 2.21 bits per heavy atom. The van der Waals surface area contributed by atoms with Crippen molar-refractivity contribution < 1.29 is 14.3 Å². The lowest BCUT2D eigenvalue weighted by Crippen LogP contribution is -2.31. The number of hydrogen-bond acceptors (Lipinski definition) is 4. The fourth-order valence-corrected chi connectivity index (χ4v) is 1.72. The van der Waals surface area contributed by atoms with Crippen molar-refractivity contribution in [2.24, 2.45) is 0 Å². The molecule has 0 aliphatic heterocycles. The summed E-state index contributed by atoms with van der Waals surface area (Å²) in [5.41, 5.74) is 7.05. The second-order valence-corrected chi connectivity index (χ2v) is 4.84. The largest absolute Gasteiger partial charge is 0.455 e. The predicted octanol–water partition coefficient (Wildman–Crippen LogP) is 1.19. The highest BCUT2D eigenvalue weighted by atomic mass is 16.5. The van der Waals surface area contributed by atoms with E-state index in [2.05, 4.69) is 5.32 Å². The highest BCUT2D eigenvalue weighted by Crippen LogP contribution is 2.20. The van der Waals surface area contributed by atoms with Gasteiger partial charge in [0, 0.05) is 11.7 Å². The quantitative estimate of drug-likeness (QED) is 0.617. The lowest BCUT2D eigenvalue weighted by atomic mass is 10.0. The van der Waals surface area contributed by atoms with Crippen molar-refractivity contribution in [2.45, 2.75) is 31.7 Å². The van der Waals surface area contributed by atoms with Crippen molar-refractivity contribution in [3.63, 3.8) is 0 Å². The van der Waals surface area contributed by atoms with Crippen molar-refractivity contribution in [2.75, 3.05) is 12.3 Å². The number of nitrogens with two attached hydrogens (primary N) is 1. The maximum atomic E-state index is 11.8. The summed E-state index contributed by atoms with van der Waals surface area (Å²) in [5.74, 6) is -1.09. The minimum Gasteiger partial charge on any atom is -0.455 e. The number of amides is 1. The Morgan fingerprint density at radius 3 is 2.84 bits per heavy atom. The Morgan fingerprint density at radius 1 is 1.47 bits per heavy atom. The van der Waals surface area contributed by atoms with Gasteiger partial charge in [-0.1, -0.05) is 12.1 Å². The molecule has 1 unspecified atom stereocenters. The monoisotopic (exact) mass is 262 g/mol. The summed E-state index contributed by atoms with van der Waals surface area (Å²) in [6, 6.07) is 7.36. The van der Waals surface area contributed by atoms with Crippen LogP contribution in [0.5, 0.6) is 0 Å². The van der Waals surface area contributed by atoms with Crippen LogP contribution in [0.1, 0.15) is 31.2 Å². The van der Waals surface area contributed by atoms with Crippen LogP contribution in [0.2, 0.25) is 0 Å². The highest BCUT2D eigenvalue weighted by molar-refractivity contribution is 5.83. The van der Waals surface area contributed by atoms with Gasteiger partial charge in [-0.3, -0.25) is 9.59 Å². The summed E-state index contributed by atoms with van der Waals surface area (Å²) in [5, 5.41) is 2.76. The molecule has 0 bridgehead atoms. The molecule has 0 radical (unpaired) electrons. The number of esters is 1. The molecule has 3 N–H and O–H groups in total. The van der Waals surface area contributed by atoms with E-state index < -0.39 is 11.9 Å². The van der Waals surface area contributed by atoms with Crippen LogP contribution < -0.4 is 11.1 Å². The van der Waals surface area contributed by atoms with Gasteiger partial charge in [-0.2, -0.15) is 0 Å². The first kappa shape index (κ1) is 13.4. The van der Waals surface area contributed by atoms with Gasteiger partial charge in [0.05, 0.1) is 5.92 Å². The molecule has 1 amide bonds. The van der Waals surface area contributed by atoms with E-state index in [-0.39, 0.29) is 18.6 Å². The third kappa shape index (κ3) is 3.98. The SMILES string of the molecule is CC(C(=O)OCC(=O)NC1CC1)c1cccc(N)c1. The number of nitrogens with one attached hydrogen (secondary N) is 1. The molecule has 1 aromatic carbocycles. The third-order valence-corrected chi connectivity index (χ3v) is 3.05. The van der Waals surface area contributed by atoms with Crippen LogP contribution in [0.25, 0.3) is 0 Å². The van der Waals surface area contributed by atoms with E-state index in [1.807, 2.05) is 6.07 Å². The summed E-state index contributed by atoms with van der Waals surface area (Å²) in [7, 11) is 0. The van der Waals surface area contributed by atoms with Gasteiger partial charge in [-0.05, 0) is 37.5 Å². The standard InChI is InChI=1S/C14H18N2O3/c1-9(10-3-2-4-11(15)7-10)14(18)19-8-13(17)16-12-5-6-12/h2-4,7,9,12H,5-6,8,15H2,1H3,(H,16,17). The minimum absolute atomic E-state index is 0.220. The summed E-state index contributed by atoms with van der Waals surface area (Å²) in [6.45, 7) is 1.51. The second kappa shape index (κ2) is 5.73. The van der Waals surface area contributed by atoms with Gasteiger partial charge in [0.15, 0.2) is 6.61 Å². The zero-order valence-corrected chi connectivity index (χ0v) is 10.9. The van der Waals surface area contributed by atoms with E-state index in [0.29, 0.717) is 5.69 Å². The highest BCUT2D eigenvalue weighted by Gasteiger charge is 2.24. The van der Waals surface area contributed by atoms with Gasteiger partial charge in [0.25, 0.3) is 5.91 Å². The molecule has 19 heavy (non-hydrogen) atoms. The molecular formula is C14H18N2O3.